The summed E-state index contributed by atoms with van der Waals surface area (Å²) in [6.45, 7) is 7.28. The Morgan fingerprint density at radius 1 is 1.06 bits per heavy atom. The monoisotopic (exact) mass is 503 g/mol. The van der Waals surface area contributed by atoms with Crippen molar-refractivity contribution in [3.63, 3.8) is 0 Å². The van der Waals surface area contributed by atoms with E-state index >= 15 is 0 Å². The van der Waals surface area contributed by atoms with Crippen LogP contribution >= 0.6 is 0 Å². The number of nitrogens with zero attached hydrogens (tertiary/aromatic N) is 2. The molecule has 0 saturated heterocycles. The summed E-state index contributed by atoms with van der Waals surface area (Å²) >= 11 is 0. The second-order valence-electron chi connectivity index (χ2n) is 8.72. The highest BCUT2D eigenvalue weighted by Gasteiger charge is 2.32. The van der Waals surface area contributed by atoms with Crippen molar-refractivity contribution in [3.05, 3.63) is 59.7 Å². The molecule has 35 heavy (non-hydrogen) atoms. The zero-order valence-corrected chi connectivity index (χ0v) is 22.3. The summed E-state index contributed by atoms with van der Waals surface area (Å²) in [6.07, 6.45) is 2.20. The van der Waals surface area contributed by atoms with Crippen LogP contribution in [-0.2, 0) is 26.2 Å². The quantitative estimate of drug-likeness (QED) is 0.478. The van der Waals surface area contributed by atoms with Crippen LogP contribution in [0.4, 0.5) is 5.69 Å². The minimum atomic E-state index is -3.76. The summed E-state index contributed by atoms with van der Waals surface area (Å²) in [7, 11) is -2.20. The van der Waals surface area contributed by atoms with E-state index in [1.165, 1.54) is 4.90 Å². The molecule has 9 heteroatoms. The Hall–Kier alpha value is -3.07. The van der Waals surface area contributed by atoms with Crippen LogP contribution < -0.4 is 14.4 Å². The average molecular weight is 504 g/mol. The van der Waals surface area contributed by atoms with Gasteiger partial charge in [-0.3, -0.25) is 13.9 Å². The van der Waals surface area contributed by atoms with Crippen LogP contribution in [0.15, 0.2) is 48.5 Å². The SMILES string of the molecule is CC[C@@H](C)NC(=O)[C@@H](CC)N(Cc1cccc(OC)c1)C(=O)CN(c1cccc(C)c1)S(C)(=O)=O. The molecule has 1 N–H and O–H groups in total. The Kier molecular flexibility index (Phi) is 10.1. The number of nitrogens with one attached hydrogen (secondary N) is 1. The number of anilines is 1. The number of rotatable bonds is 12. The van der Waals surface area contributed by atoms with Gasteiger partial charge in [0.05, 0.1) is 19.1 Å². The minimum absolute atomic E-state index is 0.0508. The van der Waals surface area contributed by atoms with E-state index in [4.69, 9.17) is 4.74 Å². The van der Waals surface area contributed by atoms with E-state index in [0.717, 1.165) is 28.1 Å². The van der Waals surface area contributed by atoms with Crippen molar-refractivity contribution in [2.75, 3.05) is 24.2 Å². The first-order valence-corrected chi connectivity index (χ1v) is 13.6. The number of aryl methyl sites for hydroxylation is 1. The van der Waals surface area contributed by atoms with Crippen molar-refractivity contribution in [2.45, 2.75) is 59.2 Å². The maximum absolute atomic E-state index is 13.7. The second kappa shape index (κ2) is 12.6. The molecule has 0 spiro atoms. The van der Waals surface area contributed by atoms with Gasteiger partial charge in [-0.05, 0) is 62.1 Å². The van der Waals surface area contributed by atoms with Crippen LogP contribution in [0, 0.1) is 6.92 Å². The van der Waals surface area contributed by atoms with Crippen LogP contribution in [0.5, 0.6) is 5.75 Å². The van der Waals surface area contributed by atoms with Gasteiger partial charge >= 0.3 is 0 Å². The summed E-state index contributed by atoms with van der Waals surface area (Å²) in [5.74, 6) is -0.102. The lowest BCUT2D eigenvalue weighted by molar-refractivity contribution is -0.140. The standard InChI is InChI=1S/C26H37N3O5S/c1-7-20(4)27-26(31)24(8-2)28(17-21-12-10-14-23(16-21)34-5)25(30)18-29(35(6,32)33)22-13-9-11-19(3)15-22/h9-16,20,24H,7-8,17-18H2,1-6H3,(H,27,31)/t20-,24-/m1/s1. The van der Waals surface area contributed by atoms with E-state index in [1.807, 2.05) is 45.9 Å². The predicted molar refractivity (Wildman–Crippen MR) is 139 cm³/mol. The summed E-state index contributed by atoms with van der Waals surface area (Å²) in [5.41, 5.74) is 2.05. The number of hydrogen-bond donors (Lipinski definition) is 1. The zero-order chi connectivity index (χ0) is 26.2. The van der Waals surface area contributed by atoms with Crippen molar-refractivity contribution < 1.29 is 22.7 Å². The minimum Gasteiger partial charge on any atom is -0.497 e. The highest BCUT2D eigenvalue weighted by molar-refractivity contribution is 7.92. The van der Waals surface area contributed by atoms with Crippen LogP contribution in [0.3, 0.4) is 0 Å². The van der Waals surface area contributed by atoms with Gasteiger partial charge < -0.3 is 15.0 Å². The number of hydrogen-bond acceptors (Lipinski definition) is 5. The Morgan fingerprint density at radius 3 is 2.31 bits per heavy atom. The normalized spacial score (nSPS) is 13.0. The van der Waals surface area contributed by atoms with Gasteiger partial charge in [0.25, 0.3) is 0 Å². The van der Waals surface area contributed by atoms with E-state index in [-0.39, 0.29) is 18.5 Å². The molecular formula is C26H37N3O5S. The van der Waals surface area contributed by atoms with Gasteiger partial charge in [0, 0.05) is 12.6 Å². The third-order valence-electron chi connectivity index (χ3n) is 5.84. The van der Waals surface area contributed by atoms with Gasteiger partial charge in [0.1, 0.15) is 18.3 Å². The van der Waals surface area contributed by atoms with E-state index < -0.39 is 28.5 Å². The molecule has 2 aromatic rings. The van der Waals surface area contributed by atoms with Crippen molar-refractivity contribution >= 4 is 27.5 Å². The first-order chi connectivity index (χ1) is 16.5. The number of sulfonamides is 1. The maximum Gasteiger partial charge on any atom is 0.244 e. The van der Waals surface area contributed by atoms with E-state index in [1.54, 1.807) is 37.4 Å². The van der Waals surface area contributed by atoms with Crippen LogP contribution in [0.25, 0.3) is 0 Å². The topological polar surface area (TPSA) is 96.0 Å². The van der Waals surface area contributed by atoms with E-state index in [2.05, 4.69) is 5.32 Å². The third kappa shape index (κ3) is 7.99. The fourth-order valence-corrected chi connectivity index (χ4v) is 4.57. The Balaban J connectivity index is 2.45. The lowest BCUT2D eigenvalue weighted by atomic mass is 10.1. The average Bonchev–Trinajstić information content (AvgIpc) is 2.81. The molecule has 0 aliphatic heterocycles. The largest absolute Gasteiger partial charge is 0.497 e. The Bertz CT molecular complexity index is 1120. The Labute approximate surface area is 209 Å². The molecule has 2 amide bonds. The number of amides is 2. The molecule has 2 rings (SSSR count). The van der Waals surface area contributed by atoms with Crippen molar-refractivity contribution in [3.8, 4) is 5.75 Å². The molecule has 0 aliphatic rings. The summed E-state index contributed by atoms with van der Waals surface area (Å²) < 4.78 is 31.7. The van der Waals surface area contributed by atoms with Crippen molar-refractivity contribution in [2.24, 2.45) is 0 Å². The zero-order valence-electron chi connectivity index (χ0n) is 21.4. The number of ether oxygens (including phenoxy) is 1. The molecular weight excluding hydrogens is 466 g/mol. The number of benzene rings is 2. The van der Waals surface area contributed by atoms with Gasteiger partial charge in [0.2, 0.25) is 21.8 Å². The second-order valence-corrected chi connectivity index (χ2v) is 10.6. The molecule has 0 heterocycles. The predicted octanol–water partition coefficient (Wildman–Crippen LogP) is 3.49. The lowest BCUT2D eigenvalue weighted by Crippen LogP contribution is -2.53. The summed E-state index contributed by atoms with van der Waals surface area (Å²) in [5, 5.41) is 2.96. The van der Waals surface area contributed by atoms with Crippen LogP contribution in [0.1, 0.15) is 44.7 Å². The van der Waals surface area contributed by atoms with E-state index in [0.29, 0.717) is 17.9 Å². The first kappa shape index (κ1) is 28.2. The van der Waals surface area contributed by atoms with Gasteiger partial charge in [-0.1, -0.05) is 38.1 Å². The molecule has 0 fully saturated rings. The molecule has 8 nitrogen and oxygen atoms in total. The fourth-order valence-electron chi connectivity index (χ4n) is 3.72. The van der Waals surface area contributed by atoms with Gasteiger partial charge in [0.15, 0.2) is 0 Å². The lowest BCUT2D eigenvalue weighted by Gasteiger charge is -2.33. The molecule has 0 aromatic heterocycles. The molecule has 2 atom stereocenters. The van der Waals surface area contributed by atoms with Crippen LogP contribution in [0.2, 0.25) is 0 Å². The first-order valence-electron chi connectivity index (χ1n) is 11.8. The fraction of sp³-hybridized carbons (Fsp3) is 0.462. The number of methoxy groups -OCH3 is 1. The van der Waals surface area contributed by atoms with Crippen molar-refractivity contribution in [1.82, 2.24) is 10.2 Å². The highest BCUT2D eigenvalue weighted by Crippen LogP contribution is 2.22. The van der Waals surface area contributed by atoms with Crippen LogP contribution in [-0.4, -0.2) is 57.1 Å². The molecule has 0 radical (unpaired) electrons. The molecule has 0 unspecified atom stereocenters. The third-order valence-corrected chi connectivity index (χ3v) is 6.98. The van der Waals surface area contributed by atoms with E-state index in [9.17, 15) is 18.0 Å². The summed E-state index contributed by atoms with van der Waals surface area (Å²) in [6, 6.07) is 13.4. The molecule has 0 bridgehead atoms. The number of carbonyl (C=O) groups excluding carboxylic acids is 2. The summed E-state index contributed by atoms with van der Waals surface area (Å²) in [4.78, 5) is 28.3. The Morgan fingerprint density at radius 2 is 1.74 bits per heavy atom. The van der Waals surface area contributed by atoms with Gasteiger partial charge in [-0.2, -0.15) is 0 Å². The van der Waals surface area contributed by atoms with Gasteiger partial charge in [-0.15, -0.1) is 0 Å². The maximum atomic E-state index is 13.7. The molecule has 2 aromatic carbocycles. The van der Waals surface area contributed by atoms with Gasteiger partial charge in [-0.25, -0.2) is 8.42 Å². The van der Waals surface area contributed by atoms with Crippen molar-refractivity contribution in [1.29, 1.82) is 0 Å². The number of carbonyl (C=O) groups is 2. The molecule has 0 saturated carbocycles. The molecule has 0 aliphatic carbocycles. The smallest absolute Gasteiger partial charge is 0.244 e. The molecule has 192 valence electrons. The highest BCUT2D eigenvalue weighted by atomic mass is 32.2.